The lowest BCUT2D eigenvalue weighted by molar-refractivity contribution is 0.0341. The van der Waals surface area contributed by atoms with Crippen LogP contribution in [0, 0.1) is 11.3 Å². The van der Waals surface area contributed by atoms with Gasteiger partial charge in [-0.2, -0.15) is 5.26 Å². The molecule has 3 rings (SSSR count). The quantitative estimate of drug-likeness (QED) is 0.334. The van der Waals surface area contributed by atoms with Crippen molar-refractivity contribution >= 4 is 29.9 Å². The van der Waals surface area contributed by atoms with Crippen molar-refractivity contribution in [3.05, 3.63) is 70.8 Å². The maximum Gasteiger partial charge on any atom is 0.191 e. The Labute approximate surface area is 196 Å². The maximum absolute atomic E-state index is 8.91. The van der Waals surface area contributed by atoms with E-state index in [1.807, 2.05) is 24.3 Å². The molecule has 0 aromatic heterocycles. The van der Waals surface area contributed by atoms with Crippen LogP contribution in [0.3, 0.4) is 0 Å². The van der Waals surface area contributed by atoms with E-state index in [9.17, 15) is 0 Å². The standard InChI is InChI=1S/C23H29N5O.HI/c1-2-25-23(26-16-20-9-7-19(15-24)8-10-20)27-17-21-5-3-4-6-22(21)18-28-11-13-29-14-12-28;/h3-10H,2,11-14,16-18H2,1H3,(H2,25,26,27);1H. The lowest BCUT2D eigenvalue weighted by Crippen LogP contribution is -2.38. The Kier molecular flexibility index (Phi) is 10.6. The van der Waals surface area contributed by atoms with Gasteiger partial charge >= 0.3 is 0 Å². The summed E-state index contributed by atoms with van der Waals surface area (Å²) < 4.78 is 5.46. The van der Waals surface area contributed by atoms with Crippen LogP contribution >= 0.6 is 24.0 Å². The normalized spacial score (nSPS) is 14.5. The molecule has 1 aliphatic heterocycles. The summed E-state index contributed by atoms with van der Waals surface area (Å²) in [5, 5.41) is 15.7. The van der Waals surface area contributed by atoms with Crippen molar-refractivity contribution in [3.8, 4) is 6.07 Å². The van der Waals surface area contributed by atoms with E-state index in [2.05, 4.69) is 57.8 Å². The van der Waals surface area contributed by atoms with Crippen LogP contribution in [0.5, 0.6) is 0 Å². The summed E-state index contributed by atoms with van der Waals surface area (Å²) in [5.74, 6) is 0.790. The van der Waals surface area contributed by atoms with Crippen LogP contribution in [0.25, 0.3) is 0 Å². The highest BCUT2D eigenvalue weighted by Crippen LogP contribution is 2.13. The van der Waals surface area contributed by atoms with Gasteiger partial charge in [-0.15, -0.1) is 24.0 Å². The molecular weight excluding hydrogens is 489 g/mol. The fourth-order valence-corrected chi connectivity index (χ4v) is 3.26. The van der Waals surface area contributed by atoms with Crippen LogP contribution in [-0.4, -0.2) is 43.7 Å². The number of morpholine rings is 1. The number of hydrogen-bond acceptors (Lipinski definition) is 4. The van der Waals surface area contributed by atoms with E-state index in [4.69, 9.17) is 10.00 Å². The number of ether oxygens (including phenoxy) is 1. The lowest BCUT2D eigenvalue weighted by atomic mass is 10.1. The summed E-state index contributed by atoms with van der Waals surface area (Å²) in [6, 6.07) is 18.2. The molecule has 6 nitrogen and oxygen atoms in total. The van der Waals surface area contributed by atoms with Gasteiger partial charge in [0, 0.05) is 32.7 Å². The van der Waals surface area contributed by atoms with Gasteiger partial charge in [-0.1, -0.05) is 36.4 Å². The van der Waals surface area contributed by atoms with Crippen LogP contribution in [0.15, 0.2) is 53.5 Å². The molecule has 1 heterocycles. The van der Waals surface area contributed by atoms with Crippen LogP contribution in [-0.2, 0) is 24.4 Å². The van der Waals surface area contributed by atoms with Crippen molar-refractivity contribution in [3.63, 3.8) is 0 Å². The third-order valence-corrected chi connectivity index (χ3v) is 4.91. The smallest absolute Gasteiger partial charge is 0.191 e. The summed E-state index contributed by atoms with van der Waals surface area (Å²) in [7, 11) is 0. The molecule has 2 aromatic carbocycles. The number of nitriles is 1. The summed E-state index contributed by atoms with van der Waals surface area (Å²) >= 11 is 0. The van der Waals surface area contributed by atoms with Gasteiger partial charge in [-0.3, -0.25) is 4.90 Å². The highest BCUT2D eigenvalue weighted by molar-refractivity contribution is 14.0. The Bertz CT molecular complexity index is 841. The third-order valence-electron chi connectivity index (χ3n) is 4.91. The summed E-state index contributed by atoms with van der Waals surface area (Å²) in [6.45, 7) is 8.68. The number of nitrogens with one attached hydrogen (secondary N) is 2. The highest BCUT2D eigenvalue weighted by atomic mass is 127. The van der Waals surface area contributed by atoms with Crippen molar-refractivity contribution < 1.29 is 4.74 Å². The number of rotatable bonds is 7. The zero-order valence-electron chi connectivity index (χ0n) is 17.4. The predicted molar refractivity (Wildman–Crippen MR) is 131 cm³/mol. The first-order valence-electron chi connectivity index (χ1n) is 10.2. The number of hydrogen-bond donors (Lipinski definition) is 2. The van der Waals surface area contributed by atoms with Gasteiger partial charge in [0.1, 0.15) is 0 Å². The Morgan fingerprint density at radius 3 is 2.43 bits per heavy atom. The molecule has 0 spiro atoms. The van der Waals surface area contributed by atoms with E-state index in [0.717, 1.165) is 57.5 Å². The Hall–Kier alpha value is -2.15. The second-order valence-electron chi connectivity index (χ2n) is 7.01. The number of nitrogens with zero attached hydrogens (tertiary/aromatic N) is 3. The van der Waals surface area contributed by atoms with E-state index >= 15 is 0 Å². The molecule has 0 atom stereocenters. The number of aliphatic imine (C=N–C) groups is 1. The zero-order valence-corrected chi connectivity index (χ0v) is 19.8. The molecule has 0 unspecified atom stereocenters. The molecule has 7 heteroatoms. The van der Waals surface area contributed by atoms with Gasteiger partial charge in [0.15, 0.2) is 5.96 Å². The van der Waals surface area contributed by atoms with Crippen LogP contribution in [0.4, 0.5) is 0 Å². The maximum atomic E-state index is 8.91. The first kappa shape index (κ1) is 24.1. The zero-order chi connectivity index (χ0) is 20.3. The van der Waals surface area contributed by atoms with E-state index in [1.165, 1.54) is 11.1 Å². The number of guanidine groups is 1. The van der Waals surface area contributed by atoms with Gasteiger partial charge in [-0.25, -0.2) is 4.99 Å². The topological polar surface area (TPSA) is 72.7 Å². The fourth-order valence-electron chi connectivity index (χ4n) is 3.26. The molecule has 2 N–H and O–H groups in total. The summed E-state index contributed by atoms with van der Waals surface area (Å²) in [5.41, 5.74) is 4.36. The van der Waals surface area contributed by atoms with Crippen LogP contribution in [0.1, 0.15) is 29.2 Å². The summed E-state index contributed by atoms with van der Waals surface area (Å²) in [4.78, 5) is 7.12. The first-order valence-corrected chi connectivity index (χ1v) is 10.2. The monoisotopic (exact) mass is 519 g/mol. The van der Waals surface area contributed by atoms with Gasteiger partial charge in [0.25, 0.3) is 0 Å². The average molecular weight is 519 g/mol. The predicted octanol–water partition coefficient (Wildman–Crippen LogP) is 3.26. The highest BCUT2D eigenvalue weighted by Gasteiger charge is 2.12. The molecular formula is C23H30IN5O. The van der Waals surface area contributed by atoms with Gasteiger partial charge < -0.3 is 15.4 Å². The molecule has 2 aromatic rings. The third kappa shape index (κ3) is 7.59. The second kappa shape index (κ2) is 13.2. The van der Waals surface area contributed by atoms with Crippen molar-refractivity contribution in [2.24, 2.45) is 4.99 Å². The van der Waals surface area contributed by atoms with E-state index < -0.39 is 0 Å². The van der Waals surface area contributed by atoms with Crippen molar-refractivity contribution in [1.29, 1.82) is 5.26 Å². The van der Waals surface area contributed by atoms with Gasteiger partial charge in [0.2, 0.25) is 0 Å². The van der Waals surface area contributed by atoms with Gasteiger partial charge in [0.05, 0.1) is 31.4 Å². The molecule has 0 saturated carbocycles. The molecule has 0 radical (unpaired) electrons. The minimum Gasteiger partial charge on any atom is -0.379 e. The average Bonchev–Trinajstić information content (AvgIpc) is 2.77. The lowest BCUT2D eigenvalue weighted by Gasteiger charge is -2.27. The fraction of sp³-hybridized carbons (Fsp3) is 0.391. The molecule has 1 saturated heterocycles. The van der Waals surface area contributed by atoms with Crippen LogP contribution < -0.4 is 10.6 Å². The molecule has 160 valence electrons. The van der Waals surface area contributed by atoms with Crippen molar-refractivity contribution in [2.75, 3.05) is 32.8 Å². The number of halogens is 1. The molecule has 30 heavy (non-hydrogen) atoms. The van der Waals surface area contributed by atoms with E-state index in [1.54, 1.807) is 0 Å². The molecule has 0 amide bonds. The van der Waals surface area contributed by atoms with Crippen molar-refractivity contribution in [1.82, 2.24) is 15.5 Å². The minimum absolute atomic E-state index is 0. The molecule has 0 aliphatic carbocycles. The van der Waals surface area contributed by atoms with E-state index in [-0.39, 0.29) is 24.0 Å². The van der Waals surface area contributed by atoms with Crippen LogP contribution in [0.2, 0.25) is 0 Å². The largest absolute Gasteiger partial charge is 0.379 e. The Balaban J connectivity index is 0.00000320. The Morgan fingerprint density at radius 2 is 1.77 bits per heavy atom. The van der Waals surface area contributed by atoms with E-state index in [0.29, 0.717) is 12.1 Å². The first-order chi connectivity index (χ1) is 14.3. The van der Waals surface area contributed by atoms with Crippen molar-refractivity contribution in [2.45, 2.75) is 26.6 Å². The van der Waals surface area contributed by atoms with Gasteiger partial charge in [-0.05, 0) is 35.7 Å². The summed E-state index contributed by atoms with van der Waals surface area (Å²) in [6.07, 6.45) is 0. The SMILES string of the molecule is CCNC(=NCc1ccc(C#N)cc1)NCc1ccccc1CN1CCOCC1.I. The molecule has 1 aliphatic rings. The Morgan fingerprint density at radius 1 is 1.07 bits per heavy atom. The second-order valence-corrected chi connectivity index (χ2v) is 7.01. The minimum atomic E-state index is 0. The molecule has 0 bridgehead atoms. The number of benzene rings is 2. The molecule has 1 fully saturated rings.